The molecule has 322 valence electrons. The van der Waals surface area contributed by atoms with Gasteiger partial charge in [-0.05, 0) is 142 Å². The van der Waals surface area contributed by atoms with Crippen LogP contribution >= 0.6 is 136 Å². The normalized spacial score (nSPS) is 13.2. The lowest BCUT2D eigenvalue weighted by atomic mass is 10.00. The zero-order chi connectivity index (χ0) is 44.0. The summed E-state index contributed by atoms with van der Waals surface area (Å²) in [4.78, 5) is 80.9. The van der Waals surface area contributed by atoms with E-state index in [1.807, 2.05) is 0 Å². The van der Waals surface area contributed by atoms with Crippen LogP contribution < -0.4 is 25.8 Å². The van der Waals surface area contributed by atoms with E-state index >= 15 is 0 Å². The topological polar surface area (TPSA) is 307 Å². The molecule has 0 aliphatic heterocycles. The number of rotatable bonds is 24. The van der Waals surface area contributed by atoms with Crippen LogP contribution in [0.2, 0.25) is 0 Å². The Hall–Kier alpha value is -0.480. The number of aliphatic hydroxyl groups is 8. The second-order valence-electron chi connectivity index (χ2n) is 12.0. The summed E-state index contributed by atoms with van der Waals surface area (Å²) in [5.74, 6) is -2.72. The number of ketones is 1. The summed E-state index contributed by atoms with van der Waals surface area (Å²) in [6, 6.07) is 0. The number of aliphatic hydroxyl groups excluding tert-OH is 8. The quantitative estimate of drug-likeness (QED) is 0.0359. The molecule has 0 aliphatic rings. The number of Topliss-reactive ketones (excluding diaryl/α,β-unsaturated/α-hetero) is 1. The summed E-state index contributed by atoms with van der Waals surface area (Å²) in [7, 11) is 0. The van der Waals surface area contributed by atoms with Gasteiger partial charge >= 0.3 is 0 Å². The third-order valence-corrected chi connectivity index (χ3v) is 14.4. The van der Waals surface area contributed by atoms with Gasteiger partial charge in [0.25, 0.3) is 17.7 Å². The van der Waals surface area contributed by atoms with Crippen molar-refractivity contribution in [3.05, 3.63) is 43.7 Å². The maximum absolute atomic E-state index is 13.5. The van der Waals surface area contributed by atoms with E-state index in [1.165, 1.54) is 0 Å². The molecule has 5 amide bonds. The van der Waals surface area contributed by atoms with Gasteiger partial charge in [-0.25, -0.2) is 0 Å². The van der Waals surface area contributed by atoms with Gasteiger partial charge in [0.1, 0.15) is 0 Å². The fourth-order valence-electron chi connectivity index (χ4n) is 5.06. The van der Waals surface area contributed by atoms with E-state index in [1.54, 1.807) is 136 Å². The third-order valence-electron chi connectivity index (χ3n) is 8.01. The maximum atomic E-state index is 13.5. The summed E-state index contributed by atoms with van der Waals surface area (Å²) < 4.78 is 0.974. The van der Waals surface area contributed by atoms with Gasteiger partial charge in [-0.3, -0.25) is 28.8 Å². The molecule has 0 bridgehead atoms. The van der Waals surface area contributed by atoms with Crippen molar-refractivity contribution in [2.24, 2.45) is 0 Å². The summed E-state index contributed by atoms with van der Waals surface area (Å²) in [5, 5.41) is 86.9. The number of carbonyl (C=O) groups is 6. The number of halogens is 6. The van der Waals surface area contributed by atoms with Crippen LogP contribution in [0.1, 0.15) is 54.3 Å². The molecule has 0 spiro atoms. The van der Waals surface area contributed by atoms with Crippen LogP contribution in [-0.2, 0) is 9.59 Å². The van der Waals surface area contributed by atoms with Gasteiger partial charge in [-0.2, -0.15) is 0 Å². The molecule has 2 aromatic carbocycles. The molecule has 2 aromatic rings. The number of hydrogen-bond acceptors (Lipinski definition) is 14. The first-order valence-corrected chi connectivity index (χ1v) is 23.2. The zero-order valence-corrected chi connectivity index (χ0v) is 42.9. The standard InChI is InChI=1S/C33H39I6N5O14/c34-23-19(16(53)2-1-14(51)10-47)25(36)29(26(37)20(23)31(56)40-3-5-45)43(12-49)8-17(54)18(55)9-44(13-50)30-27(38)21(32(57)41-4-6-46)24(35)22(28(30)39)33(58)42-7-15(52)11-48/h12-15,17-18,45-48,51-52,54-55H,1-11H2,(H,40,56)(H,41,57)(H,42,58). The monoisotopic (exact) mass is 1490 g/mol. The van der Waals surface area contributed by atoms with Crippen LogP contribution in [0, 0.1) is 21.4 Å². The van der Waals surface area contributed by atoms with E-state index in [0.717, 1.165) is 9.80 Å². The largest absolute Gasteiger partial charge is 0.395 e. The summed E-state index contributed by atoms with van der Waals surface area (Å²) in [6.07, 6.45) is -5.88. The average molecular weight is 1490 g/mol. The predicted molar refractivity (Wildman–Crippen MR) is 259 cm³/mol. The number of amides is 5. The van der Waals surface area contributed by atoms with E-state index in [0.29, 0.717) is 12.8 Å². The lowest BCUT2D eigenvalue weighted by Crippen LogP contribution is -2.45. The minimum absolute atomic E-state index is 0.0114. The Morgan fingerprint density at radius 1 is 0.552 bits per heavy atom. The molecular formula is C33H39I6N5O14. The van der Waals surface area contributed by atoms with Crippen LogP contribution in [0.4, 0.5) is 11.4 Å². The highest BCUT2D eigenvalue weighted by molar-refractivity contribution is 14.1. The van der Waals surface area contributed by atoms with Crippen LogP contribution in [0.5, 0.6) is 0 Å². The van der Waals surface area contributed by atoms with Gasteiger partial charge in [-0.15, -0.1) is 0 Å². The number of anilines is 2. The molecule has 11 N–H and O–H groups in total. The highest BCUT2D eigenvalue weighted by Crippen LogP contribution is 2.40. The predicted octanol–water partition coefficient (Wildman–Crippen LogP) is -0.495. The number of carbonyl (C=O) groups excluding carboxylic acids is 6. The Balaban J connectivity index is 2.67. The molecule has 4 atom stereocenters. The lowest BCUT2D eigenvalue weighted by Gasteiger charge is -2.31. The van der Waals surface area contributed by atoms with E-state index < -0.39 is 87.4 Å². The first-order valence-electron chi connectivity index (χ1n) is 16.8. The highest BCUT2D eigenvalue weighted by atomic mass is 127. The van der Waals surface area contributed by atoms with E-state index in [4.69, 9.17) is 0 Å². The Morgan fingerprint density at radius 3 is 1.28 bits per heavy atom. The Labute approximate surface area is 413 Å². The smallest absolute Gasteiger partial charge is 0.253 e. The molecule has 0 aromatic heterocycles. The zero-order valence-electron chi connectivity index (χ0n) is 29.9. The van der Waals surface area contributed by atoms with Crippen molar-refractivity contribution in [1.82, 2.24) is 16.0 Å². The van der Waals surface area contributed by atoms with Crippen molar-refractivity contribution >= 4 is 183 Å². The minimum Gasteiger partial charge on any atom is -0.395 e. The number of nitrogens with zero attached hydrogens (tertiary/aromatic N) is 2. The Morgan fingerprint density at radius 2 is 0.914 bits per heavy atom. The molecule has 0 heterocycles. The van der Waals surface area contributed by atoms with Gasteiger partial charge in [0.2, 0.25) is 12.8 Å². The fraction of sp³-hybridized carbons (Fsp3) is 0.455. The van der Waals surface area contributed by atoms with E-state index in [-0.39, 0.29) is 87.5 Å². The first-order chi connectivity index (χ1) is 27.4. The second kappa shape index (κ2) is 26.2. The number of nitrogens with one attached hydrogen (secondary N) is 3. The van der Waals surface area contributed by atoms with Crippen LogP contribution in [0.3, 0.4) is 0 Å². The molecule has 0 radical (unpaired) electrons. The van der Waals surface area contributed by atoms with Crippen LogP contribution in [0.25, 0.3) is 0 Å². The van der Waals surface area contributed by atoms with Crippen molar-refractivity contribution in [2.75, 3.05) is 69.0 Å². The molecule has 4 unspecified atom stereocenters. The van der Waals surface area contributed by atoms with Gasteiger partial charge in [0, 0.05) is 42.3 Å². The van der Waals surface area contributed by atoms with Gasteiger partial charge in [0.05, 0.1) is 103 Å². The Bertz CT molecular complexity index is 1710. The number of benzene rings is 2. The third kappa shape index (κ3) is 13.8. The van der Waals surface area contributed by atoms with Crippen LogP contribution in [-0.4, -0.2) is 161 Å². The maximum Gasteiger partial charge on any atom is 0.253 e. The molecule has 0 saturated carbocycles. The van der Waals surface area contributed by atoms with Gasteiger partial charge in [0.15, 0.2) is 5.78 Å². The molecule has 25 heteroatoms. The van der Waals surface area contributed by atoms with E-state index in [9.17, 15) is 69.6 Å². The molecule has 0 fully saturated rings. The Kier molecular flexibility index (Phi) is 24.3. The van der Waals surface area contributed by atoms with Crippen molar-refractivity contribution in [3.8, 4) is 0 Å². The minimum atomic E-state index is -1.81. The fourth-order valence-corrected chi connectivity index (χ4v) is 14.7. The molecule has 2 rings (SSSR count). The molecule has 19 nitrogen and oxygen atoms in total. The summed E-state index contributed by atoms with van der Waals surface area (Å²) >= 11 is 10.7. The first kappa shape index (κ1) is 53.7. The lowest BCUT2D eigenvalue weighted by molar-refractivity contribution is -0.109. The van der Waals surface area contributed by atoms with Crippen molar-refractivity contribution in [2.45, 2.75) is 37.3 Å². The SMILES string of the molecule is O=CN(CC(O)C(O)CN(C=O)c1c(I)c(C(=O)NCCO)c(I)c(C(=O)NCC(O)CO)c1I)c1c(I)c(C(=O)CCC(O)CO)c(I)c(C(=O)NCCO)c1I. The van der Waals surface area contributed by atoms with E-state index in [2.05, 4.69) is 16.0 Å². The highest BCUT2D eigenvalue weighted by Gasteiger charge is 2.34. The summed E-state index contributed by atoms with van der Waals surface area (Å²) in [5.41, 5.74) is -0.188. The van der Waals surface area contributed by atoms with Crippen LogP contribution in [0.15, 0.2) is 0 Å². The molecule has 0 aliphatic carbocycles. The van der Waals surface area contributed by atoms with Crippen molar-refractivity contribution in [1.29, 1.82) is 0 Å². The van der Waals surface area contributed by atoms with Gasteiger partial charge < -0.3 is 66.6 Å². The van der Waals surface area contributed by atoms with Crippen molar-refractivity contribution < 1.29 is 69.6 Å². The summed E-state index contributed by atoms with van der Waals surface area (Å²) in [6.45, 7) is -4.00. The molecular weight excluding hydrogens is 1450 g/mol. The molecule has 0 saturated heterocycles. The number of hydrogen-bond donors (Lipinski definition) is 11. The second-order valence-corrected chi connectivity index (χ2v) is 18.5. The molecule has 58 heavy (non-hydrogen) atoms. The average Bonchev–Trinajstić information content (AvgIpc) is 3.18. The van der Waals surface area contributed by atoms with Gasteiger partial charge in [-0.1, -0.05) is 0 Å². The van der Waals surface area contributed by atoms with Crippen molar-refractivity contribution in [3.63, 3.8) is 0 Å².